The van der Waals surface area contributed by atoms with E-state index in [-0.39, 0.29) is 5.91 Å². The van der Waals surface area contributed by atoms with Gasteiger partial charge in [-0.3, -0.25) is 9.69 Å². The molecule has 0 spiro atoms. The van der Waals surface area contributed by atoms with Crippen molar-refractivity contribution in [2.45, 2.75) is 13.5 Å². The second-order valence-corrected chi connectivity index (χ2v) is 8.46. The van der Waals surface area contributed by atoms with Gasteiger partial charge in [-0.25, -0.2) is 4.98 Å². The lowest BCUT2D eigenvalue weighted by Crippen LogP contribution is -2.30. The quantitative estimate of drug-likeness (QED) is 0.312. The van der Waals surface area contributed by atoms with E-state index in [1.165, 1.54) is 11.3 Å². The summed E-state index contributed by atoms with van der Waals surface area (Å²) < 4.78 is 6.84. The predicted octanol–water partition coefficient (Wildman–Crippen LogP) is 6.85. The largest absolute Gasteiger partial charge is 0.451 e. The summed E-state index contributed by atoms with van der Waals surface area (Å²) >= 11 is 7.75. The number of benzene rings is 3. The maximum atomic E-state index is 13.5. The Kier molecular flexibility index (Phi) is 4.77. The van der Waals surface area contributed by atoms with Crippen molar-refractivity contribution >= 4 is 55.2 Å². The molecule has 1 amide bonds. The van der Waals surface area contributed by atoms with Gasteiger partial charge in [-0.1, -0.05) is 71.5 Å². The first kappa shape index (κ1) is 18.9. The number of halogens is 1. The molecule has 0 radical (unpaired) electrons. The molecule has 6 heteroatoms. The van der Waals surface area contributed by atoms with E-state index < -0.39 is 0 Å². The topological polar surface area (TPSA) is 46.3 Å². The Balaban J connectivity index is 1.61. The van der Waals surface area contributed by atoms with Crippen molar-refractivity contribution in [3.8, 4) is 0 Å². The zero-order valence-electron chi connectivity index (χ0n) is 16.1. The van der Waals surface area contributed by atoms with Crippen LogP contribution in [0.5, 0.6) is 0 Å². The van der Waals surface area contributed by atoms with Crippen LogP contribution < -0.4 is 4.90 Å². The highest BCUT2D eigenvalue weighted by Crippen LogP contribution is 2.35. The minimum absolute atomic E-state index is 0.224. The van der Waals surface area contributed by atoms with Gasteiger partial charge < -0.3 is 4.42 Å². The molecule has 2 heterocycles. The number of nitrogens with zero attached hydrogens (tertiary/aromatic N) is 2. The molecule has 0 bridgehead atoms. The minimum atomic E-state index is -0.224. The zero-order chi connectivity index (χ0) is 20.7. The molecule has 0 unspecified atom stereocenters. The van der Waals surface area contributed by atoms with Crippen molar-refractivity contribution < 1.29 is 9.21 Å². The van der Waals surface area contributed by atoms with Crippen LogP contribution in [0.3, 0.4) is 0 Å². The Labute approximate surface area is 182 Å². The van der Waals surface area contributed by atoms with E-state index in [1.54, 1.807) is 11.0 Å². The number of aryl methyl sites for hydroxylation is 1. The Bertz CT molecular complexity index is 1340. The van der Waals surface area contributed by atoms with Crippen LogP contribution in [0.15, 0.2) is 77.2 Å². The van der Waals surface area contributed by atoms with Crippen molar-refractivity contribution in [2.24, 2.45) is 0 Å². The molecule has 2 aromatic heterocycles. The van der Waals surface area contributed by atoms with E-state index in [4.69, 9.17) is 21.0 Å². The highest BCUT2D eigenvalue weighted by atomic mass is 35.5. The first-order chi connectivity index (χ1) is 14.6. The Hall–Kier alpha value is -3.15. The number of fused-ring (bicyclic) bond motifs is 2. The first-order valence-corrected chi connectivity index (χ1v) is 10.7. The lowest BCUT2D eigenvalue weighted by molar-refractivity contribution is 0.0960. The Morgan fingerprint density at radius 3 is 2.63 bits per heavy atom. The first-order valence-electron chi connectivity index (χ1n) is 9.50. The van der Waals surface area contributed by atoms with Gasteiger partial charge in [0, 0.05) is 10.4 Å². The fraction of sp³-hybridized carbons (Fsp3) is 0.0833. The molecular weight excluding hydrogens is 416 g/mol. The Morgan fingerprint density at radius 2 is 1.83 bits per heavy atom. The summed E-state index contributed by atoms with van der Waals surface area (Å²) in [5.74, 6) is 0.0685. The standard InChI is InChI=1S/C24H17ClN2O2S/c1-15-18(25)11-12-21-22(15)26-24(30-21)27(14-16-7-3-2-4-8-16)23(28)20-13-17-9-5-6-10-19(17)29-20/h2-13H,14H2,1H3. The van der Waals surface area contributed by atoms with E-state index in [2.05, 4.69) is 0 Å². The monoisotopic (exact) mass is 432 g/mol. The van der Waals surface area contributed by atoms with Crippen LogP contribution in [0, 0.1) is 6.92 Å². The third kappa shape index (κ3) is 3.36. The zero-order valence-corrected chi connectivity index (χ0v) is 17.7. The molecule has 0 aliphatic carbocycles. The lowest BCUT2D eigenvalue weighted by atomic mass is 10.2. The van der Waals surface area contributed by atoms with Crippen LogP contribution >= 0.6 is 22.9 Å². The van der Waals surface area contributed by atoms with E-state index in [1.807, 2.05) is 73.7 Å². The van der Waals surface area contributed by atoms with Crippen LogP contribution in [0.1, 0.15) is 21.7 Å². The molecule has 0 aliphatic heterocycles. The van der Waals surface area contributed by atoms with Gasteiger partial charge in [0.05, 0.1) is 16.8 Å². The number of rotatable bonds is 4. The summed E-state index contributed by atoms with van der Waals surface area (Å²) in [6.45, 7) is 2.33. The van der Waals surface area contributed by atoms with E-state index >= 15 is 0 Å². The van der Waals surface area contributed by atoms with Crippen molar-refractivity contribution in [3.05, 3.63) is 94.7 Å². The number of hydrogen-bond acceptors (Lipinski definition) is 4. The molecule has 0 saturated carbocycles. The van der Waals surface area contributed by atoms with E-state index in [0.717, 1.165) is 26.7 Å². The molecule has 30 heavy (non-hydrogen) atoms. The van der Waals surface area contributed by atoms with Crippen LogP contribution in [-0.4, -0.2) is 10.9 Å². The number of aromatic nitrogens is 1. The summed E-state index contributed by atoms with van der Waals surface area (Å²) in [4.78, 5) is 20.0. The highest BCUT2D eigenvalue weighted by Gasteiger charge is 2.25. The predicted molar refractivity (Wildman–Crippen MR) is 123 cm³/mol. The van der Waals surface area contributed by atoms with Gasteiger partial charge in [-0.2, -0.15) is 0 Å². The molecule has 3 aromatic carbocycles. The smallest absolute Gasteiger partial charge is 0.296 e. The Morgan fingerprint density at radius 1 is 1.07 bits per heavy atom. The molecule has 0 saturated heterocycles. The molecule has 5 aromatic rings. The number of thiazole rings is 1. The molecule has 0 atom stereocenters. The number of furan rings is 1. The van der Waals surface area contributed by atoms with Crippen LogP contribution in [0.4, 0.5) is 5.13 Å². The van der Waals surface area contributed by atoms with Gasteiger partial charge in [-0.15, -0.1) is 0 Å². The van der Waals surface area contributed by atoms with Crippen molar-refractivity contribution in [3.63, 3.8) is 0 Å². The number of para-hydroxylation sites is 1. The van der Waals surface area contributed by atoms with Gasteiger partial charge in [0.1, 0.15) is 5.58 Å². The average molecular weight is 433 g/mol. The fourth-order valence-corrected chi connectivity index (χ4v) is 4.59. The molecular formula is C24H17ClN2O2S. The fourth-order valence-electron chi connectivity index (χ4n) is 3.42. The van der Waals surface area contributed by atoms with Gasteiger partial charge in [0.2, 0.25) is 0 Å². The van der Waals surface area contributed by atoms with E-state index in [9.17, 15) is 4.79 Å². The molecule has 0 aliphatic rings. The summed E-state index contributed by atoms with van der Waals surface area (Å²) in [6.07, 6.45) is 0. The third-order valence-electron chi connectivity index (χ3n) is 5.03. The van der Waals surface area contributed by atoms with Crippen LogP contribution in [0.25, 0.3) is 21.2 Å². The SMILES string of the molecule is Cc1c(Cl)ccc2sc(N(Cc3ccccc3)C(=O)c3cc4ccccc4o3)nc12. The summed E-state index contributed by atoms with van der Waals surface area (Å²) in [7, 11) is 0. The maximum Gasteiger partial charge on any atom is 0.296 e. The second kappa shape index (κ2) is 7.59. The van der Waals surface area contributed by atoms with Crippen molar-refractivity contribution in [2.75, 3.05) is 4.90 Å². The second-order valence-electron chi connectivity index (χ2n) is 7.04. The molecule has 0 N–H and O–H groups in total. The summed E-state index contributed by atoms with van der Waals surface area (Å²) in [5.41, 5.74) is 3.42. The minimum Gasteiger partial charge on any atom is -0.451 e. The number of carbonyl (C=O) groups excluding carboxylic acids is 1. The molecule has 5 rings (SSSR count). The maximum absolute atomic E-state index is 13.5. The van der Waals surface area contributed by atoms with E-state index in [0.29, 0.717) is 28.0 Å². The van der Waals surface area contributed by atoms with Crippen molar-refractivity contribution in [1.82, 2.24) is 4.98 Å². The molecule has 148 valence electrons. The molecule has 4 nitrogen and oxygen atoms in total. The lowest BCUT2D eigenvalue weighted by Gasteiger charge is -2.18. The number of hydrogen-bond donors (Lipinski definition) is 0. The summed E-state index contributed by atoms with van der Waals surface area (Å²) in [5, 5.41) is 2.18. The van der Waals surface area contributed by atoms with Crippen molar-refractivity contribution in [1.29, 1.82) is 0 Å². The number of anilines is 1. The van der Waals surface area contributed by atoms with Gasteiger partial charge in [0.25, 0.3) is 5.91 Å². The third-order valence-corrected chi connectivity index (χ3v) is 6.49. The average Bonchev–Trinajstić information content (AvgIpc) is 3.39. The van der Waals surface area contributed by atoms with Crippen LogP contribution in [-0.2, 0) is 6.54 Å². The molecule has 0 fully saturated rings. The van der Waals surface area contributed by atoms with Crippen LogP contribution in [0.2, 0.25) is 5.02 Å². The van der Waals surface area contributed by atoms with Gasteiger partial charge >= 0.3 is 0 Å². The number of amides is 1. The van der Waals surface area contributed by atoms with Gasteiger partial charge in [0.15, 0.2) is 10.9 Å². The highest BCUT2D eigenvalue weighted by molar-refractivity contribution is 7.22. The summed E-state index contributed by atoms with van der Waals surface area (Å²) in [6, 6.07) is 23.1. The normalized spacial score (nSPS) is 11.3. The van der Waals surface area contributed by atoms with Gasteiger partial charge in [-0.05, 0) is 42.3 Å². The number of carbonyl (C=O) groups is 1.